The van der Waals surface area contributed by atoms with Gasteiger partial charge in [0.05, 0.1) is 30.0 Å². The van der Waals surface area contributed by atoms with Crippen LogP contribution in [0.25, 0.3) is 22.2 Å². The fraction of sp³-hybridized carbons (Fsp3) is 0.407. The molecule has 0 aliphatic heterocycles. The number of amides is 1. The van der Waals surface area contributed by atoms with Gasteiger partial charge in [0.2, 0.25) is 0 Å². The summed E-state index contributed by atoms with van der Waals surface area (Å²) < 4.78 is 13.3. The maximum absolute atomic E-state index is 12.1. The standard InChI is InChI=1S/C27H31N3O3/c1-5-32-21-12-13-22-23(15-28)25(30(24(22)14-21)16-18-6-7-18)19-8-10-20(11-9-19)29-26(31)33-17-27(2,3)4/h8-14,18H,5-7,16-17H2,1-4H3,(H,29,31). The molecule has 0 bridgehead atoms. The Labute approximate surface area is 195 Å². The van der Waals surface area contributed by atoms with Crippen molar-refractivity contribution >= 4 is 22.7 Å². The van der Waals surface area contributed by atoms with Crippen LogP contribution >= 0.6 is 0 Å². The summed E-state index contributed by atoms with van der Waals surface area (Å²) in [7, 11) is 0. The molecule has 3 aromatic rings. The molecule has 0 unspecified atom stereocenters. The van der Waals surface area contributed by atoms with E-state index in [4.69, 9.17) is 9.47 Å². The Hall–Kier alpha value is -3.46. The minimum absolute atomic E-state index is 0.0914. The summed E-state index contributed by atoms with van der Waals surface area (Å²) in [4.78, 5) is 12.1. The van der Waals surface area contributed by atoms with E-state index in [9.17, 15) is 10.1 Å². The molecule has 0 radical (unpaired) electrons. The van der Waals surface area contributed by atoms with Gasteiger partial charge in [0.1, 0.15) is 11.8 Å². The molecular formula is C27H31N3O3. The topological polar surface area (TPSA) is 76.3 Å². The lowest BCUT2D eigenvalue weighted by molar-refractivity contribution is 0.118. The normalized spacial score (nSPS) is 13.5. The van der Waals surface area contributed by atoms with Crippen molar-refractivity contribution < 1.29 is 14.3 Å². The minimum Gasteiger partial charge on any atom is -0.494 e. The van der Waals surface area contributed by atoms with Crippen LogP contribution in [-0.4, -0.2) is 23.9 Å². The number of carbonyl (C=O) groups is 1. The van der Waals surface area contributed by atoms with E-state index in [1.165, 1.54) is 12.8 Å². The highest BCUT2D eigenvalue weighted by Gasteiger charge is 2.26. The molecule has 33 heavy (non-hydrogen) atoms. The summed E-state index contributed by atoms with van der Waals surface area (Å²) in [5.74, 6) is 1.45. The van der Waals surface area contributed by atoms with E-state index in [0.29, 0.717) is 30.4 Å². The molecular weight excluding hydrogens is 414 g/mol. The van der Waals surface area contributed by atoms with Crippen molar-refractivity contribution in [3.63, 3.8) is 0 Å². The van der Waals surface area contributed by atoms with Crippen molar-refractivity contribution in [1.82, 2.24) is 4.57 Å². The van der Waals surface area contributed by atoms with Crippen molar-refractivity contribution in [3.05, 3.63) is 48.0 Å². The molecule has 1 aromatic heterocycles. The Balaban J connectivity index is 1.67. The molecule has 1 N–H and O–H groups in total. The summed E-state index contributed by atoms with van der Waals surface area (Å²) >= 11 is 0. The Kier molecular flexibility index (Phi) is 6.33. The minimum atomic E-state index is -0.471. The number of anilines is 1. The van der Waals surface area contributed by atoms with Gasteiger partial charge in [-0.05, 0) is 60.9 Å². The van der Waals surface area contributed by atoms with Crippen LogP contribution in [0.5, 0.6) is 5.75 Å². The van der Waals surface area contributed by atoms with E-state index in [1.54, 1.807) is 0 Å². The zero-order valence-electron chi connectivity index (χ0n) is 19.8. The monoisotopic (exact) mass is 445 g/mol. The lowest BCUT2D eigenvalue weighted by Crippen LogP contribution is -2.21. The number of aromatic nitrogens is 1. The maximum atomic E-state index is 12.1. The van der Waals surface area contributed by atoms with Crippen LogP contribution in [0.1, 0.15) is 46.1 Å². The molecule has 172 valence electrons. The van der Waals surface area contributed by atoms with Gasteiger partial charge in [-0.25, -0.2) is 4.79 Å². The van der Waals surface area contributed by atoms with Crippen molar-refractivity contribution in [2.45, 2.75) is 47.1 Å². The molecule has 1 heterocycles. The Morgan fingerprint density at radius 1 is 1.18 bits per heavy atom. The fourth-order valence-corrected chi connectivity index (χ4v) is 3.89. The molecule has 0 spiro atoms. The number of nitriles is 1. The number of fused-ring (bicyclic) bond motifs is 1. The molecule has 1 saturated carbocycles. The first-order valence-electron chi connectivity index (χ1n) is 11.5. The largest absolute Gasteiger partial charge is 0.494 e. The molecule has 1 amide bonds. The smallest absolute Gasteiger partial charge is 0.411 e. The Bertz CT molecular complexity index is 1190. The first-order valence-corrected chi connectivity index (χ1v) is 11.5. The van der Waals surface area contributed by atoms with Gasteiger partial charge < -0.3 is 14.0 Å². The first-order chi connectivity index (χ1) is 15.8. The van der Waals surface area contributed by atoms with Crippen molar-refractivity contribution in [2.24, 2.45) is 11.3 Å². The lowest BCUT2D eigenvalue weighted by atomic mass is 9.99. The number of nitrogens with zero attached hydrogens (tertiary/aromatic N) is 2. The van der Waals surface area contributed by atoms with Gasteiger partial charge in [-0.1, -0.05) is 32.9 Å². The molecule has 6 heteroatoms. The van der Waals surface area contributed by atoms with Crippen molar-refractivity contribution in [3.8, 4) is 23.1 Å². The zero-order chi connectivity index (χ0) is 23.6. The van der Waals surface area contributed by atoms with Gasteiger partial charge in [0.15, 0.2) is 0 Å². The quantitative estimate of drug-likeness (QED) is 0.445. The highest BCUT2D eigenvalue weighted by Crippen LogP contribution is 2.39. The number of hydrogen-bond acceptors (Lipinski definition) is 4. The predicted molar refractivity (Wildman–Crippen MR) is 130 cm³/mol. The number of ether oxygens (including phenoxy) is 2. The van der Waals surface area contributed by atoms with E-state index < -0.39 is 6.09 Å². The van der Waals surface area contributed by atoms with Gasteiger partial charge in [-0.15, -0.1) is 0 Å². The predicted octanol–water partition coefficient (Wildman–Crippen LogP) is 6.58. The second-order valence-corrected chi connectivity index (χ2v) is 9.84. The molecule has 6 nitrogen and oxygen atoms in total. The average Bonchev–Trinajstić information content (AvgIpc) is 3.54. The third-order valence-corrected chi connectivity index (χ3v) is 5.64. The zero-order valence-corrected chi connectivity index (χ0v) is 19.8. The Morgan fingerprint density at radius 2 is 1.91 bits per heavy atom. The van der Waals surface area contributed by atoms with Gasteiger partial charge >= 0.3 is 6.09 Å². The van der Waals surface area contributed by atoms with Crippen LogP contribution in [0.3, 0.4) is 0 Å². The number of rotatable bonds is 7. The summed E-state index contributed by atoms with van der Waals surface area (Å²) in [6.07, 6.45) is 1.96. The van der Waals surface area contributed by atoms with Crippen LogP contribution in [-0.2, 0) is 11.3 Å². The lowest BCUT2D eigenvalue weighted by Gasteiger charge is -2.18. The van der Waals surface area contributed by atoms with E-state index >= 15 is 0 Å². The van der Waals surface area contributed by atoms with Crippen molar-refractivity contribution in [2.75, 3.05) is 18.5 Å². The average molecular weight is 446 g/mol. The second kappa shape index (κ2) is 9.19. The number of nitrogens with one attached hydrogen (secondary N) is 1. The van der Waals surface area contributed by atoms with E-state index in [1.807, 2.05) is 70.2 Å². The number of benzene rings is 2. The van der Waals surface area contributed by atoms with Crippen LogP contribution < -0.4 is 10.1 Å². The van der Waals surface area contributed by atoms with Gasteiger partial charge in [0.25, 0.3) is 0 Å². The molecule has 0 atom stereocenters. The summed E-state index contributed by atoms with van der Waals surface area (Å²) in [6.45, 7) is 9.82. The fourth-order valence-electron chi connectivity index (χ4n) is 3.89. The third-order valence-electron chi connectivity index (χ3n) is 5.64. The molecule has 1 fully saturated rings. The summed E-state index contributed by atoms with van der Waals surface area (Å²) in [5, 5.41) is 13.8. The van der Waals surface area contributed by atoms with Crippen molar-refractivity contribution in [1.29, 1.82) is 5.26 Å². The molecule has 4 rings (SSSR count). The first kappa shape index (κ1) is 22.7. The SMILES string of the molecule is CCOc1ccc2c(C#N)c(-c3ccc(NC(=O)OCC(C)(C)C)cc3)n(CC3CC3)c2c1. The second-order valence-electron chi connectivity index (χ2n) is 9.84. The molecule has 0 saturated heterocycles. The van der Waals surface area contributed by atoms with Crippen LogP contribution in [0.4, 0.5) is 10.5 Å². The Morgan fingerprint density at radius 3 is 2.52 bits per heavy atom. The van der Waals surface area contributed by atoms with Crippen LogP contribution in [0.2, 0.25) is 0 Å². The summed E-state index contributed by atoms with van der Waals surface area (Å²) in [5.41, 5.74) is 4.10. The van der Waals surface area contributed by atoms with E-state index in [2.05, 4.69) is 16.0 Å². The van der Waals surface area contributed by atoms with Gasteiger partial charge in [0, 0.05) is 23.7 Å². The molecule has 1 aliphatic rings. The van der Waals surface area contributed by atoms with Crippen LogP contribution in [0, 0.1) is 22.7 Å². The van der Waals surface area contributed by atoms with Gasteiger partial charge in [-0.3, -0.25) is 5.32 Å². The highest BCUT2D eigenvalue weighted by atomic mass is 16.5. The highest BCUT2D eigenvalue weighted by molar-refractivity contribution is 5.95. The van der Waals surface area contributed by atoms with Crippen LogP contribution in [0.15, 0.2) is 42.5 Å². The molecule has 2 aromatic carbocycles. The van der Waals surface area contributed by atoms with E-state index in [0.717, 1.165) is 34.5 Å². The summed E-state index contributed by atoms with van der Waals surface area (Å²) in [6, 6.07) is 16.0. The number of carbonyl (C=O) groups excluding carboxylic acids is 1. The van der Waals surface area contributed by atoms with E-state index in [-0.39, 0.29) is 5.41 Å². The number of hydrogen-bond donors (Lipinski definition) is 1. The third kappa shape index (κ3) is 5.31. The maximum Gasteiger partial charge on any atom is 0.411 e. The molecule has 1 aliphatic carbocycles. The van der Waals surface area contributed by atoms with Gasteiger partial charge in [-0.2, -0.15) is 5.26 Å².